The second kappa shape index (κ2) is 10.5. The topological polar surface area (TPSA) is 59.1 Å². The van der Waals surface area contributed by atoms with Gasteiger partial charge in [0.05, 0.1) is 17.5 Å². The van der Waals surface area contributed by atoms with Crippen molar-refractivity contribution in [2.45, 2.75) is 29.9 Å². The van der Waals surface area contributed by atoms with Crippen LogP contribution in [0.5, 0.6) is 5.75 Å². The first-order valence-corrected chi connectivity index (χ1v) is 13.8. The first-order chi connectivity index (χ1) is 15.8. The van der Waals surface area contributed by atoms with E-state index < -0.39 is 9.84 Å². The average molecular weight is 513 g/mol. The molecule has 0 spiro atoms. The van der Waals surface area contributed by atoms with Crippen LogP contribution in [0, 0.1) is 0 Å². The van der Waals surface area contributed by atoms with E-state index in [1.165, 1.54) is 6.26 Å². The lowest BCUT2D eigenvalue weighted by Crippen LogP contribution is -2.42. The minimum atomic E-state index is -3.26. The number of fused-ring (bicyclic) bond motifs is 1. The van der Waals surface area contributed by atoms with Crippen molar-refractivity contribution in [3.8, 4) is 5.75 Å². The van der Waals surface area contributed by atoms with Crippen LogP contribution in [0.4, 0.5) is 0 Å². The Bertz CT molecular complexity index is 1080. The summed E-state index contributed by atoms with van der Waals surface area (Å²) in [7, 11) is -1.53. The van der Waals surface area contributed by atoms with Gasteiger partial charge in [-0.1, -0.05) is 23.2 Å². The fraction of sp³-hybridized carbons (Fsp3) is 0.500. The van der Waals surface area contributed by atoms with Crippen molar-refractivity contribution in [1.82, 2.24) is 9.80 Å². The van der Waals surface area contributed by atoms with Crippen LogP contribution in [0.1, 0.15) is 23.7 Å². The fourth-order valence-electron chi connectivity index (χ4n) is 4.76. The van der Waals surface area contributed by atoms with E-state index in [9.17, 15) is 8.42 Å². The molecule has 0 bridgehead atoms. The van der Waals surface area contributed by atoms with Crippen LogP contribution in [0.3, 0.4) is 0 Å². The molecule has 4 rings (SSSR count). The number of nitrogens with zero attached hydrogens (tertiary/aromatic N) is 2. The maximum Gasteiger partial charge on any atom is 0.175 e. The van der Waals surface area contributed by atoms with Crippen LogP contribution in [0.2, 0.25) is 10.0 Å². The second-order valence-electron chi connectivity index (χ2n) is 8.73. The van der Waals surface area contributed by atoms with E-state index in [0.717, 1.165) is 63.3 Å². The predicted molar refractivity (Wildman–Crippen MR) is 131 cm³/mol. The van der Waals surface area contributed by atoms with E-state index in [1.54, 1.807) is 37.4 Å². The summed E-state index contributed by atoms with van der Waals surface area (Å²) in [6, 6.07) is 10.4. The van der Waals surface area contributed by atoms with E-state index >= 15 is 0 Å². The highest BCUT2D eigenvalue weighted by Crippen LogP contribution is 2.43. The lowest BCUT2D eigenvalue weighted by molar-refractivity contribution is 0.0787. The molecule has 180 valence electrons. The number of hydrogen-bond acceptors (Lipinski definition) is 6. The number of hydrogen-bond donors (Lipinski definition) is 0. The van der Waals surface area contributed by atoms with E-state index in [2.05, 4.69) is 9.80 Å². The first-order valence-electron chi connectivity index (χ1n) is 11.2. The molecular formula is C24H30Cl2N2O4S. The first kappa shape index (κ1) is 24.8. The zero-order chi connectivity index (χ0) is 23.6. The smallest absolute Gasteiger partial charge is 0.175 e. The molecule has 1 aliphatic heterocycles. The largest absolute Gasteiger partial charge is 0.484 e. The molecule has 9 heteroatoms. The Hall–Kier alpha value is -1.35. The van der Waals surface area contributed by atoms with Crippen LogP contribution in [-0.2, 0) is 21.0 Å². The molecule has 1 aliphatic carbocycles. The fourth-order valence-corrected chi connectivity index (χ4v) is 5.97. The molecule has 2 aliphatic rings. The molecule has 0 amide bonds. The molecule has 33 heavy (non-hydrogen) atoms. The average Bonchev–Trinajstić information content (AvgIpc) is 2.96. The Morgan fingerprint density at radius 3 is 2.52 bits per heavy atom. The highest BCUT2D eigenvalue weighted by atomic mass is 35.5. The Morgan fingerprint density at radius 1 is 1.06 bits per heavy atom. The van der Waals surface area contributed by atoms with Crippen molar-refractivity contribution in [2.24, 2.45) is 0 Å². The van der Waals surface area contributed by atoms with Gasteiger partial charge >= 0.3 is 0 Å². The summed E-state index contributed by atoms with van der Waals surface area (Å²) in [5.74, 6) is 0.623. The molecule has 2 aromatic carbocycles. The van der Waals surface area contributed by atoms with Crippen molar-refractivity contribution in [3.63, 3.8) is 0 Å². The van der Waals surface area contributed by atoms with Gasteiger partial charge in [-0.3, -0.25) is 9.80 Å². The van der Waals surface area contributed by atoms with Gasteiger partial charge in [0.25, 0.3) is 0 Å². The van der Waals surface area contributed by atoms with Gasteiger partial charge in [-0.05, 0) is 67.9 Å². The van der Waals surface area contributed by atoms with Crippen LogP contribution in [0.25, 0.3) is 0 Å². The van der Waals surface area contributed by atoms with Crippen molar-refractivity contribution in [1.29, 1.82) is 0 Å². The normalized spacial score (nSPS) is 22.2. The molecule has 6 nitrogen and oxygen atoms in total. The third kappa shape index (κ3) is 5.84. The SMILES string of the molecule is COCCN1CCCN([C@H]2Cc3c(Cl)cc(Cl)cc3[C@@H]2Oc2ccc(S(C)(=O)=O)cc2)CC1. The lowest BCUT2D eigenvalue weighted by atomic mass is 10.1. The predicted octanol–water partition coefficient (Wildman–Crippen LogP) is 4.10. The Kier molecular flexibility index (Phi) is 7.88. The quantitative estimate of drug-likeness (QED) is 0.556. The standard InChI is InChI=1S/C24H30Cl2N2O4S/c1-31-13-12-27-8-3-9-28(11-10-27)23-16-20-21(14-17(25)15-22(20)26)24(23)32-18-4-6-19(7-5-18)33(2,29)30/h4-7,14-15,23-24H,3,8-13,16H2,1-2H3/t23-,24-/m0/s1. The van der Waals surface area contributed by atoms with Crippen LogP contribution >= 0.6 is 23.2 Å². The third-order valence-corrected chi connectivity index (χ3v) is 8.17. The van der Waals surface area contributed by atoms with Crippen LogP contribution < -0.4 is 4.74 Å². The molecule has 1 saturated heterocycles. The van der Waals surface area contributed by atoms with Crippen molar-refractivity contribution < 1.29 is 17.9 Å². The molecule has 0 aromatic heterocycles. The maximum atomic E-state index is 11.8. The minimum Gasteiger partial charge on any atom is -0.484 e. The van der Waals surface area contributed by atoms with Gasteiger partial charge < -0.3 is 9.47 Å². The molecule has 0 N–H and O–H groups in total. The van der Waals surface area contributed by atoms with Crippen molar-refractivity contribution >= 4 is 33.0 Å². The summed E-state index contributed by atoms with van der Waals surface area (Å²) in [6.07, 6.45) is 2.81. The minimum absolute atomic E-state index is 0.118. The summed E-state index contributed by atoms with van der Waals surface area (Å²) in [5.41, 5.74) is 2.08. The monoisotopic (exact) mass is 512 g/mol. The Morgan fingerprint density at radius 2 is 1.82 bits per heavy atom. The number of halogens is 2. The molecule has 0 saturated carbocycles. The highest BCUT2D eigenvalue weighted by Gasteiger charge is 2.40. The summed E-state index contributed by atoms with van der Waals surface area (Å²) < 4.78 is 35.4. The highest BCUT2D eigenvalue weighted by molar-refractivity contribution is 7.90. The lowest BCUT2D eigenvalue weighted by Gasteiger charge is -2.32. The molecule has 0 unspecified atom stereocenters. The van der Waals surface area contributed by atoms with E-state index in [-0.39, 0.29) is 17.0 Å². The molecule has 1 heterocycles. The number of rotatable bonds is 7. The third-order valence-electron chi connectivity index (χ3n) is 6.48. The molecule has 2 atom stereocenters. The number of methoxy groups -OCH3 is 1. The second-order valence-corrected chi connectivity index (χ2v) is 11.6. The zero-order valence-electron chi connectivity index (χ0n) is 19.0. The van der Waals surface area contributed by atoms with E-state index in [4.69, 9.17) is 32.7 Å². The molecule has 2 aromatic rings. The summed E-state index contributed by atoms with van der Waals surface area (Å²) in [4.78, 5) is 5.20. The van der Waals surface area contributed by atoms with Gasteiger partial charge in [0.1, 0.15) is 11.9 Å². The molecular weight excluding hydrogens is 483 g/mol. The summed E-state index contributed by atoms with van der Waals surface area (Å²) >= 11 is 12.9. The van der Waals surface area contributed by atoms with Gasteiger partial charge in [-0.25, -0.2) is 8.42 Å². The Balaban J connectivity index is 1.59. The molecule has 0 radical (unpaired) electrons. The number of ether oxygens (including phenoxy) is 2. The number of benzene rings is 2. The van der Waals surface area contributed by atoms with Gasteiger partial charge in [0.15, 0.2) is 9.84 Å². The molecule has 1 fully saturated rings. The van der Waals surface area contributed by atoms with Gasteiger partial charge in [-0.15, -0.1) is 0 Å². The van der Waals surface area contributed by atoms with Crippen molar-refractivity contribution in [2.75, 3.05) is 52.7 Å². The zero-order valence-corrected chi connectivity index (χ0v) is 21.3. The van der Waals surface area contributed by atoms with Gasteiger partial charge in [-0.2, -0.15) is 0 Å². The maximum absolute atomic E-state index is 11.8. The summed E-state index contributed by atoms with van der Waals surface area (Å²) in [5, 5.41) is 1.25. The van der Waals surface area contributed by atoms with Crippen LogP contribution in [-0.4, -0.2) is 77.0 Å². The van der Waals surface area contributed by atoms with Crippen LogP contribution in [0.15, 0.2) is 41.3 Å². The Labute approximate surface area is 206 Å². The summed E-state index contributed by atoms with van der Waals surface area (Å²) in [6.45, 7) is 5.59. The van der Waals surface area contributed by atoms with E-state index in [1.807, 2.05) is 6.07 Å². The van der Waals surface area contributed by atoms with E-state index in [0.29, 0.717) is 15.8 Å². The van der Waals surface area contributed by atoms with Gasteiger partial charge in [0, 0.05) is 48.6 Å². The number of sulfone groups is 1. The van der Waals surface area contributed by atoms with Gasteiger partial charge in [0.2, 0.25) is 0 Å². The van der Waals surface area contributed by atoms with Crippen molar-refractivity contribution in [3.05, 3.63) is 57.6 Å².